The van der Waals surface area contributed by atoms with E-state index in [4.69, 9.17) is 14.2 Å². The Labute approximate surface area is 186 Å². The number of carbonyl (C=O) groups is 2. The number of nitrogens with zero attached hydrogens (tertiary/aromatic N) is 1. The molecule has 1 aliphatic rings. The van der Waals surface area contributed by atoms with Gasteiger partial charge in [0.15, 0.2) is 11.5 Å². The van der Waals surface area contributed by atoms with Gasteiger partial charge < -0.3 is 29.3 Å². The maximum atomic E-state index is 13.0. The van der Waals surface area contributed by atoms with E-state index in [1.54, 1.807) is 44.2 Å². The van der Waals surface area contributed by atoms with Crippen molar-refractivity contribution in [2.45, 2.75) is 19.9 Å². The number of ketones is 1. The highest BCUT2D eigenvalue weighted by Crippen LogP contribution is 2.42. The fourth-order valence-corrected chi connectivity index (χ4v) is 3.79. The third kappa shape index (κ3) is 4.27. The molecule has 1 aliphatic heterocycles. The molecule has 3 rings (SSSR count). The molecular weight excluding hydrogens is 414 g/mol. The summed E-state index contributed by atoms with van der Waals surface area (Å²) in [6, 6.07) is 8.79. The zero-order valence-electron chi connectivity index (χ0n) is 18.5. The van der Waals surface area contributed by atoms with Gasteiger partial charge in [-0.1, -0.05) is 6.07 Å². The third-order valence-corrected chi connectivity index (χ3v) is 5.36. The van der Waals surface area contributed by atoms with Crippen LogP contribution in [0, 0.1) is 6.92 Å². The summed E-state index contributed by atoms with van der Waals surface area (Å²) in [4.78, 5) is 27.3. The number of hydrogen-bond acceptors (Lipinski definition) is 7. The molecule has 8 heteroatoms. The Kier molecular flexibility index (Phi) is 7.05. The van der Waals surface area contributed by atoms with Crippen molar-refractivity contribution in [3.63, 3.8) is 0 Å². The van der Waals surface area contributed by atoms with Crippen molar-refractivity contribution < 1.29 is 34.0 Å². The van der Waals surface area contributed by atoms with Crippen LogP contribution < -0.4 is 9.47 Å². The summed E-state index contributed by atoms with van der Waals surface area (Å²) in [6.45, 7) is 4.24. The highest BCUT2D eigenvalue weighted by atomic mass is 16.5. The molecule has 1 atom stereocenters. The fraction of sp³-hybridized carbons (Fsp3) is 0.333. The molecular formula is C24H27NO7. The Balaban J connectivity index is 2.20. The number of aliphatic hydroxyl groups is 1. The summed E-state index contributed by atoms with van der Waals surface area (Å²) in [5.74, 6) is -1.02. The van der Waals surface area contributed by atoms with Crippen LogP contribution in [0.4, 0.5) is 0 Å². The molecule has 1 saturated heterocycles. The number of rotatable bonds is 8. The maximum absolute atomic E-state index is 13.0. The number of phenolic OH excluding ortho intramolecular Hbond substituents is 1. The van der Waals surface area contributed by atoms with E-state index in [9.17, 15) is 19.8 Å². The van der Waals surface area contributed by atoms with Crippen molar-refractivity contribution in [1.82, 2.24) is 4.90 Å². The molecule has 2 aromatic carbocycles. The van der Waals surface area contributed by atoms with Gasteiger partial charge in [-0.3, -0.25) is 9.59 Å². The van der Waals surface area contributed by atoms with Crippen molar-refractivity contribution in [2.75, 3.05) is 34.0 Å². The van der Waals surface area contributed by atoms with Crippen LogP contribution in [0.3, 0.4) is 0 Å². The lowest BCUT2D eigenvalue weighted by atomic mass is 9.93. The average molecular weight is 441 g/mol. The highest BCUT2D eigenvalue weighted by molar-refractivity contribution is 6.46. The van der Waals surface area contributed by atoms with Gasteiger partial charge in [0.25, 0.3) is 11.7 Å². The molecule has 1 amide bonds. The number of Topliss-reactive ketones (excluding diaryl/α,β-unsaturated/α-hetero) is 1. The van der Waals surface area contributed by atoms with Crippen LogP contribution in [0.5, 0.6) is 17.2 Å². The molecule has 0 saturated carbocycles. The second-order valence-corrected chi connectivity index (χ2v) is 7.33. The zero-order valence-corrected chi connectivity index (χ0v) is 18.5. The molecule has 2 aromatic rings. The summed E-state index contributed by atoms with van der Waals surface area (Å²) in [5, 5.41) is 21.3. The molecule has 1 heterocycles. The maximum Gasteiger partial charge on any atom is 0.295 e. The van der Waals surface area contributed by atoms with E-state index in [2.05, 4.69) is 0 Å². The molecule has 0 spiro atoms. The molecule has 8 nitrogen and oxygen atoms in total. The van der Waals surface area contributed by atoms with Crippen LogP contribution in [0.25, 0.3) is 5.76 Å². The molecule has 32 heavy (non-hydrogen) atoms. The van der Waals surface area contributed by atoms with Gasteiger partial charge >= 0.3 is 0 Å². The predicted octanol–water partition coefficient (Wildman–Crippen LogP) is 3.18. The van der Waals surface area contributed by atoms with Gasteiger partial charge in [0.2, 0.25) is 0 Å². The number of aromatic hydroxyl groups is 1. The Morgan fingerprint density at radius 2 is 1.88 bits per heavy atom. The van der Waals surface area contributed by atoms with E-state index in [1.165, 1.54) is 25.2 Å². The number of benzene rings is 2. The summed E-state index contributed by atoms with van der Waals surface area (Å²) in [6.07, 6.45) is 0. The molecule has 1 fully saturated rings. The Morgan fingerprint density at radius 1 is 1.12 bits per heavy atom. The SMILES string of the molecule is CCOc1cc([C@H]2C(=C(O)c3ccc(OC)cc3C)C(=O)C(=O)N2CCOC)ccc1O. The van der Waals surface area contributed by atoms with E-state index in [1.807, 2.05) is 0 Å². The van der Waals surface area contributed by atoms with Crippen molar-refractivity contribution in [3.8, 4) is 17.2 Å². The topological polar surface area (TPSA) is 106 Å². The molecule has 0 unspecified atom stereocenters. The molecule has 0 aliphatic carbocycles. The Hall–Kier alpha value is -3.52. The summed E-state index contributed by atoms with van der Waals surface area (Å²) >= 11 is 0. The van der Waals surface area contributed by atoms with Gasteiger partial charge in [0, 0.05) is 19.2 Å². The van der Waals surface area contributed by atoms with Crippen LogP contribution in [0.1, 0.15) is 29.7 Å². The van der Waals surface area contributed by atoms with Crippen LogP contribution in [0.15, 0.2) is 42.0 Å². The molecule has 170 valence electrons. The number of hydrogen-bond donors (Lipinski definition) is 2. The number of carbonyl (C=O) groups excluding carboxylic acids is 2. The van der Waals surface area contributed by atoms with E-state index >= 15 is 0 Å². The quantitative estimate of drug-likeness (QED) is 0.368. The number of phenols is 1. The Bertz CT molecular complexity index is 1060. The lowest BCUT2D eigenvalue weighted by Gasteiger charge is -2.25. The number of aryl methyl sites for hydroxylation is 1. The normalized spacial score (nSPS) is 17.6. The molecule has 0 radical (unpaired) electrons. The number of aliphatic hydroxyl groups excluding tert-OH is 1. The van der Waals surface area contributed by atoms with Gasteiger partial charge in [-0.15, -0.1) is 0 Å². The average Bonchev–Trinajstić information content (AvgIpc) is 3.03. The van der Waals surface area contributed by atoms with Crippen LogP contribution in [-0.2, 0) is 14.3 Å². The van der Waals surface area contributed by atoms with Crippen LogP contribution in [-0.4, -0.2) is 60.8 Å². The molecule has 2 N–H and O–H groups in total. The minimum Gasteiger partial charge on any atom is -0.507 e. The zero-order chi connectivity index (χ0) is 23.4. The summed E-state index contributed by atoms with van der Waals surface area (Å²) in [7, 11) is 3.04. The minimum absolute atomic E-state index is 0.0347. The van der Waals surface area contributed by atoms with E-state index in [0.717, 1.165) is 0 Å². The van der Waals surface area contributed by atoms with Crippen LogP contribution >= 0.6 is 0 Å². The Morgan fingerprint density at radius 3 is 2.50 bits per heavy atom. The smallest absolute Gasteiger partial charge is 0.295 e. The second-order valence-electron chi connectivity index (χ2n) is 7.33. The van der Waals surface area contributed by atoms with E-state index in [-0.39, 0.29) is 36.0 Å². The largest absolute Gasteiger partial charge is 0.507 e. The van der Waals surface area contributed by atoms with E-state index < -0.39 is 17.7 Å². The predicted molar refractivity (Wildman–Crippen MR) is 118 cm³/mol. The first-order chi connectivity index (χ1) is 15.3. The van der Waals surface area contributed by atoms with Crippen molar-refractivity contribution >= 4 is 17.4 Å². The third-order valence-electron chi connectivity index (χ3n) is 5.36. The monoisotopic (exact) mass is 441 g/mol. The van der Waals surface area contributed by atoms with Crippen molar-refractivity contribution in [3.05, 3.63) is 58.7 Å². The number of likely N-dealkylation sites (tertiary alicyclic amines) is 1. The van der Waals surface area contributed by atoms with Crippen LogP contribution in [0.2, 0.25) is 0 Å². The number of methoxy groups -OCH3 is 2. The first-order valence-corrected chi connectivity index (χ1v) is 10.2. The first kappa shape index (κ1) is 23.1. The van der Waals surface area contributed by atoms with Gasteiger partial charge in [0.1, 0.15) is 11.5 Å². The summed E-state index contributed by atoms with van der Waals surface area (Å²) in [5.41, 5.74) is 1.59. The standard InChI is InChI=1S/C24H27NO7/c1-5-32-19-13-15(6-9-18(19)26)21-20(23(28)24(29)25(21)10-11-30-3)22(27)17-8-7-16(31-4)12-14(17)2/h6-9,12-13,21,26-27H,5,10-11H2,1-4H3/t21-/m0/s1. The van der Waals surface area contributed by atoms with E-state index in [0.29, 0.717) is 29.0 Å². The lowest BCUT2D eigenvalue weighted by molar-refractivity contribution is -0.140. The fourth-order valence-electron chi connectivity index (χ4n) is 3.79. The highest BCUT2D eigenvalue weighted by Gasteiger charge is 2.46. The van der Waals surface area contributed by atoms with Gasteiger partial charge in [-0.05, 0) is 55.3 Å². The second kappa shape index (κ2) is 9.74. The number of ether oxygens (including phenoxy) is 3. The molecule has 0 bridgehead atoms. The van der Waals surface area contributed by atoms with Crippen molar-refractivity contribution in [2.24, 2.45) is 0 Å². The first-order valence-electron chi connectivity index (χ1n) is 10.2. The van der Waals surface area contributed by atoms with Crippen molar-refractivity contribution in [1.29, 1.82) is 0 Å². The number of amides is 1. The summed E-state index contributed by atoms with van der Waals surface area (Å²) < 4.78 is 15.8. The lowest BCUT2D eigenvalue weighted by Crippen LogP contribution is -2.32. The van der Waals surface area contributed by atoms with Gasteiger partial charge in [0.05, 0.1) is 31.9 Å². The molecule has 0 aromatic heterocycles. The minimum atomic E-state index is -0.869. The van der Waals surface area contributed by atoms with Gasteiger partial charge in [-0.2, -0.15) is 0 Å². The van der Waals surface area contributed by atoms with Gasteiger partial charge in [-0.25, -0.2) is 0 Å².